The minimum atomic E-state index is -0.190. The van der Waals surface area contributed by atoms with Gasteiger partial charge in [-0.2, -0.15) is 0 Å². The second-order valence-corrected chi connectivity index (χ2v) is 2.67. The zero-order valence-electron chi connectivity index (χ0n) is 6.62. The fraction of sp³-hybridized carbons (Fsp3) is 0.625. The lowest BCUT2D eigenvalue weighted by atomic mass is 10.3. The maximum atomic E-state index is 11.0. The van der Waals surface area contributed by atoms with E-state index in [-0.39, 0.29) is 23.8 Å². The molecule has 0 spiro atoms. The molecule has 62 valence electrons. The third-order valence-corrected chi connectivity index (χ3v) is 1.96. The Labute approximate surface area is 66.2 Å². The maximum Gasteiger partial charge on any atom is 0.311 e. The van der Waals surface area contributed by atoms with E-state index < -0.39 is 0 Å². The van der Waals surface area contributed by atoms with Crippen LogP contribution in [0.25, 0.3) is 0 Å². The highest BCUT2D eigenvalue weighted by atomic mass is 16.5. The van der Waals surface area contributed by atoms with Gasteiger partial charge in [-0.05, 0) is 6.92 Å². The lowest BCUT2D eigenvalue weighted by molar-refractivity contribution is -0.144. The van der Waals surface area contributed by atoms with Gasteiger partial charge in [-0.15, -0.1) is 6.58 Å². The van der Waals surface area contributed by atoms with Gasteiger partial charge in [0.25, 0.3) is 0 Å². The Hall–Kier alpha value is -0.830. The van der Waals surface area contributed by atoms with Crippen LogP contribution in [0.15, 0.2) is 12.7 Å². The number of carbonyl (C=O) groups excluding carboxylic acids is 1. The van der Waals surface area contributed by atoms with E-state index >= 15 is 0 Å². The number of nitrogens with two attached hydrogens (primary N) is 1. The van der Waals surface area contributed by atoms with Crippen molar-refractivity contribution in [2.45, 2.75) is 13.0 Å². The molecule has 1 rings (SSSR count). The standard InChI is InChI=1S/C8H13NO2/c1-3-5-6(7(5)9)8(10)11-4-2/h3,5-7H,1,4,9H2,2H3. The average Bonchev–Trinajstić information content (AvgIpc) is 2.61. The summed E-state index contributed by atoms with van der Waals surface area (Å²) in [4.78, 5) is 11.0. The van der Waals surface area contributed by atoms with Gasteiger partial charge in [-0.25, -0.2) is 0 Å². The molecule has 1 aliphatic rings. The lowest BCUT2D eigenvalue weighted by Gasteiger charge is -1.97. The second-order valence-electron chi connectivity index (χ2n) is 2.67. The van der Waals surface area contributed by atoms with Crippen molar-refractivity contribution < 1.29 is 9.53 Å². The normalized spacial score (nSPS) is 34.5. The van der Waals surface area contributed by atoms with Crippen LogP contribution in [0.5, 0.6) is 0 Å². The zero-order valence-corrected chi connectivity index (χ0v) is 6.62. The summed E-state index contributed by atoms with van der Waals surface area (Å²) < 4.78 is 4.80. The largest absolute Gasteiger partial charge is 0.466 e. The Morgan fingerprint density at radius 2 is 2.45 bits per heavy atom. The van der Waals surface area contributed by atoms with E-state index in [2.05, 4.69) is 6.58 Å². The maximum absolute atomic E-state index is 11.0. The molecule has 0 saturated heterocycles. The summed E-state index contributed by atoms with van der Waals surface area (Å²) in [6.07, 6.45) is 1.71. The van der Waals surface area contributed by atoms with Crippen molar-refractivity contribution in [1.82, 2.24) is 0 Å². The first-order chi connectivity index (χ1) is 5.22. The fourth-order valence-electron chi connectivity index (χ4n) is 1.22. The summed E-state index contributed by atoms with van der Waals surface area (Å²) in [6, 6.07) is -0.0634. The molecule has 1 aliphatic carbocycles. The van der Waals surface area contributed by atoms with Crippen LogP contribution in [0.4, 0.5) is 0 Å². The van der Waals surface area contributed by atoms with Crippen LogP contribution in [-0.4, -0.2) is 18.6 Å². The Morgan fingerprint density at radius 1 is 1.82 bits per heavy atom. The van der Waals surface area contributed by atoms with Crippen LogP contribution >= 0.6 is 0 Å². The van der Waals surface area contributed by atoms with E-state index in [0.717, 1.165) is 0 Å². The van der Waals surface area contributed by atoms with Crippen molar-refractivity contribution in [3.63, 3.8) is 0 Å². The topological polar surface area (TPSA) is 52.3 Å². The van der Waals surface area contributed by atoms with Crippen LogP contribution in [0, 0.1) is 11.8 Å². The summed E-state index contributed by atoms with van der Waals surface area (Å²) >= 11 is 0. The zero-order chi connectivity index (χ0) is 8.43. The van der Waals surface area contributed by atoms with Crippen molar-refractivity contribution in [3.8, 4) is 0 Å². The third-order valence-electron chi connectivity index (χ3n) is 1.96. The SMILES string of the molecule is C=CC1C(N)C1C(=O)OCC. The van der Waals surface area contributed by atoms with Gasteiger partial charge in [0.1, 0.15) is 0 Å². The fourth-order valence-corrected chi connectivity index (χ4v) is 1.22. The summed E-state index contributed by atoms with van der Waals surface area (Å²) in [6.45, 7) is 5.79. The van der Waals surface area contributed by atoms with E-state index in [1.807, 2.05) is 0 Å². The molecule has 3 heteroatoms. The van der Waals surface area contributed by atoms with Crippen LogP contribution in [0.1, 0.15) is 6.92 Å². The molecule has 0 bridgehead atoms. The second kappa shape index (κ2) is 3.05. The quantitative estimate of drug-likeness (QED) is 0.471. The molecule has 0 aliphatic heterocycles. The number of esters is 1. The van der Waals surface area contributed by atoms with E-state index in [9.17, 15) is 4.79 Å². The molecule has 2 N–H and O–H groups in total. The molecule has 1 saturated carbocycles. The molecule has 3 unspecified atom stereocenters. The van der Waals surface area contributed by atoms with E-state index in [4.69, 9.17) is 10.5 Å². The highest BCUT2D eigenvalue weighted by Crippen LogP contribution is 2.38. The molecule has 0 aromatic heterocycles. The average molecular weight is 155 g/mol. The molecule has 11 heavy (non-hydrogen) atoms. The van der Waals surface area contributed by atoms with Crippen LogP contribution in [0.3, 0.4) is 0 Å². The summed E-state index contributed by atoms with van der Waals surface area (Å²) in [5, 5.41) is 0. The first kappa shape index (κ1) is 8.27. The molecule has 0 radical (unpaired) electrons. The lowest BCUT2D eigenvalue weighted by Crippen LogP contribution is -2.13. The monoisotopic (exact) mass is 155 g/mol. The summed E-state index contributed by atoms with van der Waals surface area (Å²) in [5.41, 5.74) is 5.58. The highest BCUT2D eigenvalue weighted by molar-refractivity contribution is 5.78. The Morgan fingerprint density at radius 3 is 2.82 bits per heavy atom. The number of hydrogen-bond acceptors (Lipinski definition) is 3. The van der Waals surface area contributed by atoms with Crippen molar-refractivity contribution in [2.24, 2.45) is 17.6 Å². The third kappa shape index (κ3) is 1.43. The number of carbonyl (C=O) groups is 1. The molecule has 1 fully saturated rings. The number of rotatable bonds is 3. The minimum absolute atomic E-state index is 0.0634. The Balaban J connectivity index is 2.39. The van der Waals surface area contributed by atoms with Crippen LogP contribution < -0.4 is 5.73 Å². The highest BCUT2D eigenvalue weighted by Gasteiger charge is 2.51. The van der Waals surface area contributed by atoms with Gasteiger partial charge < -0.3 is 10.5 Å². The van der Waals surface area contributed by atoms with Gasteiger partial charge in [0, 0.05) is 12.0 Å². The molecular weight excluding hydrogens is 142 g/mol. The van der Waals surface area contributed by atoms with Crippen LogP contribution in [-0.2, 0) is 9.53 Å². The van der Waals surface area contributed by atoms with Gasteiger partial charge in [0.15, 0.2) is 0 Å². The predicted octanol–water partition coefficient (Wildman–Crippen LogP) is 0.309. The first-order valence-electron chi connectivity index (χ1n) is 3.77. The molecule has 0 aromatic carbocycles. The summed E-state index contributed by atoms with van der Waals surface area (Å²) in [5.74, 6) is -0.189. The van der Waals surface area contributed by atoms with Gasteiger partial charge in [0.2, 0.25) is 0 Å². The van der Waals surface area contributed by atoms with Gasteiger partial charge in [-0.3, -0.25) is 4.79 Å². The van der Waals surface area contributed by atoms with Gasteiger partial charge in [-0.1, -0.05) is 6.08 Å². The van der Waals surface area contributed by atoms with E-state index in [0.29, 0.717) is 6.61 Å². The minimum Gasteiger partial charge on any atom is -0.466 e. The van der Waals surface area contributed by atoms with E-state index in [1.54, 1.807) is 13.0 Å². The van der Waals surface area contributed by atoms with Crippen LogP contribution in [0.2, 0.25) is 0 Å². The molecule has 0 aromatic rings. The predicted molar refractivity (Wildman–Crippen MR) is 41.8 cm³/mol. The Kier molecular flexibility index (Phi) is 2.29. The summed E-state index contributed by atoms with van der Waals surface area (Å²) in [7, 11) is 0. The van der Waals surface area contributed by atoms with Crippen molar-refractivity contribution in [1.29, 1.82) is 0 Å². The molecule has 3 nitrogen and oxygen atoms in total. The molecule has 0 amide bonds. The van der Waals surface area contributed by atoms with Gasteiger partial charge in [0.05, 0.1) is 12.5 Å². The van der Waals surface area contributed by atoms with Crippen molar-refractivity contribution in [2.75, 3.05) is 6.61 Å². The Bertz CT molecular complexity index is 179. The van der Waals surface area contributed by atoms with Crippen molar-refractivity contribution in [3.05, 3.63) is 12.7 Å². The molecule has 0 heterocycles. The number of hydrogen-bond donors (Lipinski definition) is 1. The number of ether oxygens (including phenoxy) is 1. The van der Waals surface area contributed by atoms with Crippen molar-refractivity contribution >= 4 is 5.97 Å². The molecular formula is C8H13NO2. The molecule has 3 atom stereocenters. The first-order valence-corrected chi connectivity index (χ1v) is 3.77. The van der Waals surface area contributed by atoms with Gasteiger partial charge >= 0.3 is 5.97 Å². The van der Waals surface area contributed by atoms with E-state index in [1.165, 1.54) is 0 Å². The smallest absolute Gasteiger partial charge is 0.311 e.